The lowest BCUT2D eigenvalue weighted by atomic mass is 10.2. The van der Waals surface area contributed by atoms with Crippen LogP contribution in [0.15, 0.2) is 28.7 Å². The van der Waals surface area contributed by atoms with Gasteiger partial charge in [0.25, 0.3) is 5.91 Å². The van der Waals surface area contributed by atoms with Crippen LogP contribution in [0.2, 0.25) is 0 Å². The van der Waals surface area contributed by atoms with Crippen molar-refractivity contribution < 1.29 is 4.79 Å². The fourth-order valence-electron chi connectivity index (χ4n) is 1.30. The van der Waals surface area contributed by atoms with Crippen molar-refractivity contribution in [1.82, 2.24) is 4.90 Å². The molecule has 2 nitrogen and oxygen atoms in total. The predicted octanol–water partition coefficient (Wildman–Crippen LogP) is 3.15. The van der Waals surface area contributed by atoms with Crippen LogP contribution >= 0.6 is 27.5 Å². The Morgan fingerprint density at radius 1 is 1.60 bits per heavy atom. The lowest BCUT2D eigenvalue weighted by Crippen LogP contribution is -2.31. The van der Waals surface area contributed by atoms with Gasteiger partial charge in [0, 0.05) is 29.0 Å². The molecule has 0 fully saturated rings. The largest absolute Gasteiger partial charge is 0.340 e. The number of benzene rings is 1. The van der Waals surface area contributed by atoms with E-state index >= 15 is 0 Å². The van der Waals surface area contributed by atoms with Gasteiger partial charge in [-0.1, -0.05) is 22.0 Å². The Labute approximate surface area is 103 Å². The Morgan fingerprint density at radius 3 is 2.80 bits per heavy atom. The van der Waals surface area contributed by atoms with E-state index in [2.05, 4.69) is 15.9 Å². The monoisotopic (exact) mass is 289 g/mol. The van der Waals surface area contributed by atoms with Gasteiger partial charge in [-0.25, -0.2) is 0 Å². The zero-order chi connectivity index (χ0) is 11.4. The lowest BCUT2D eigenvalue weighted by molar-refractivity contribution is 0.0796. The molecule has 0 saturated heterocycles. The Bertz CT molecular complexity index is 354. The molecule has 0 saturated carbocycles. The molecule has 15 heavy (non-hydrogen) atoms. The summed E-state index contributed by atoms with van der Waals surface area (Å²) >= 11 is 9.17. The summed E-state index contributed by atoms with van der Waals surface area (Å²) in [5.41, 5.74) is 0.671. The number of alkyl halides is 1. The lowest BCUT2D eigenvalue weighted by Gasteiger charge is -2.18. The number of rotatable bonds is 3. The number of halogens is 2. The summed E-state index contributed by atoms with van der Waals surface area (Å²) in [5, 5.41) is -0.0360. The van der Waals surface area contributed by atoms with E-state index in [0.29, 0.717) is 12.1 Å². The van der Waals surface area contributed by atoms with Crippen molar-refractivity contribution in [2.24, 2.45) is 0 Å². The Morgan fingerprint density at radius 2 is 2.27 bits per heavy atom. The van der Waals surface area contributed by atoms with Crippen molar-refractivity contribution in [2.75, 3.05) is 13.6 Å². The Hall–Kier alpha value is -0.540. The highest BCUT2D eigenvalue weighted by molar-refractivity contribution is 9.10. The van der Waals surface area contributed by atoms with Gasteiger partial charge in [-0.05, 0) is 25.1 Å². The summed E-state index contributed by atoms with van der Waals surface area (Å²) in [6.07, 6.45) is 0. The molecule has 0 spiro atoms. The quantitative estimate of drug-likeness (QED) is 0.783. The molecule has 0 bridgehead atoms. The molecule has 1 amide bonds. The zero-order valence-corrected chi connectivity index (χ0v) is 11.0. The highest BCUT2D eigenvalue weighted by atomic mass is 79.9. The van der Waals surface area contributed by atoms with Crippen LogP contribution in [0.3, 0.4) is 0 Å². The van der Waals surface area contributed by atoms with Gasteiger partial charge >= 0.3 is 0 Å². The summed E-state index contributed by atoms with van der Waals surface area (Å²) in [5.74, 6) is -0.0104. The van der Waals surface area contributed by atoms with Crippen molar-refractivity contribution in [3.8, 4) is 0 Å². The number of carbonyl (C=O) groups excluding carboxylic acids is 1. The average Bonchev–Trinajstić information content (AvgIpc) is 2.15. The first kappa shape index (κ1) is 12.5. The van der Waals surface area contributed by atoms with Crippen molar-refractivity contribution in [3.63, 3.8) is 0 Å². The molecular formula is C11H13BrClNO. The molecule has 0 aliphatic heterocycles. The van der Waals surface area contributed by atoms with E-state index in [-0.39, 0.29) is 11.3 Å². The van der Waals surface area contributed by atoms with Crippen LogP contribution in [0.4, 0.5) is 0 Å². The molecule has 4 heteroatoms. The minimum absolute atomic E-state index is 0.0104. The number of nitrogens with zero attached hydrogens (tertiary/aromatic N) is 1. The Balaban J connectivity index is 2.76. The number of carbonyl (C=O) groups is 1. The molecule has 1 aromatic rings. The van der Waals surface area contributed by atoms with Crippen molar-refractivity contribution in [2.45, 2.75) is 12.3 Å². The van der Waals surface area contributed by atoms with Crippen LogP contribution in [-0.2, 0) is 0 Å². The third kappa shape index (κ3) is 3.84. The van der Waals surface area contributed by atoms with Crippen LogP contribution < -0.4 is 0 Å². The molecule has 0 aromatic heterocycles. The summed E-state index contributed by atoms with van der Waals surface area (Å²) in [6, 6.07) is 7.33. The predicted molar refractivity (Wildman–Crippen MR) is 66.4 cm³/mol. The van der Waals surface area contributed by atoms with Gasteiger partial charge in [0.15, 0.2) is 0 Å². The second-order valence-electron chi connectivity index (χ2n) is 3.48. The molecule has 1 atom stereocenters. The molecule has 1 rings (SSSR count). The highest BCUT2D eigenvalue weighted by Crippen LogP contribution is 2.13. The number of amides is 1. The maximum absolute atomic E-state index is 11.9. The molecule has 82 valence electrons. The normalized spacial score (nSPS) is 12.3. The summed E-state index contributed by atoms with van der Waals surface area (Å²) in [7, 11) is 1.75. The summed E-state index contributed by atoms with van der Waals surface area (Å²) < 4.78 is 0.903. The second-order valence-corrected chi connectivity index (χ2v) is 5.14. The Kier molecular flexibility index (Phi) is 4.61. The van der Waals surface area contributed by atoms with E-state index in [4.69, 9.17) is 11.6 Å². The number of hydrogen-bond donors (Lipinski definition) is 0. The summed E-state index contributed by atoms with van der Waals surface area (Å²) in [6.45, 7) is 2.42. The highest BCUT2D eigenvalue weighted by Gasteiger charge is 2.13. The van der Waals surface area contributed by atoms with E-state index < -0.39 is 0 Å². The fourth-order valence-corrected chi connectivity index (χ4v) is 1.91. The molecule has 1 unspecified atom stereocenters. The second kappa shape index (κ2) is 5.52. The van der Waals surface area contributed by atoms with Gasteiger partial charge in [-0.2, -0.15) is 0 Å². The van der Waals surface area contributed by atoms with Crippen LogP contribution in [0, 0.1) is 0 Å². The fraction of sp³-hybridized carbons (Fsp3) is 0.364. The van der Waals surface area contributed by atoms with Crippen LogP contribution in [0.25, 0.3) is 0 Å². The minimum atomic E-state index is -0.0360. The van der Waals surface area contributed by atoms with E-state index in [1.165, 1.54) is 0 Å². The maximum atomic E-state index is 11.9. The van der Waals surface area contributed by atoms with Gasteiger partial charge < -0.3 is 4.90 Å². The molecule has 1 aromatic carbocycles. The van der Waals surface area contributed by atoms with Crippen molar-refractivity contribution in [1.29, 1.82) is 0 Å². The molecule has 0 radical (unpaired) electrons. The molecule has 0 N–H and O–H groups in total. The first-order chi connectivity index (χ1) is 7.00. The molecule has 0 aliphatic carbocycles. The van der Waals surface area contributed by atoms with Gasteiger partial charge in [-0.3, -0.25) is 4.79 Å². The van der Waals surface area contributed by atoms with Gasteiger partial charge in [0.05, 0.1) is 0 Å². The van der Waals surface area contributed by atoms with E-state index in [1.807, 2.05) is 19.1 Å². The molecular weight excluding hydrogens is 277 g/mol. The molecule has 0 heterocycles. The van der Waals surface area contributed by atoms with Crippen LogP contribution in [0.1, 0.15) is 17.3 Å². The van der Waals surface area contributed by atoms with Gasteiger partial charge in [0.1, 0.15) is 0 Å². The topological polar surface area (TPSA) is 20.3 Å². The smallest absolute Gasteiger partial charge is 0.253 e. The maximum Gasteiger partial charge on any atom is 0.253 e. The van der Waals surface area contributed by atoms with E-state index in [1.54, 1.807) is 24.1 Å². The average molecular weight is 291 g/mol. The van der Waals surface area contributed by atoms with Crippen LogP contribution in [0.5, 0.6) is 0 Å². The number of hydrogen-bond acceptors (Lipinski definition) is 1. The van der Waals surface area contributed by atoms with Gasteiger partial charge in [-0.15, -0.1) is 11.6 Å². The van der Waals surface area contributed by atoms with E-state index in [9.17, 15) is 4.79 Å². The summed E-state index contributed by atoms with van der Waals surface area (Å²) in [4.78, 5) is 13.5. The van der Waals surface area contributed by atoms with Crippen LogP contribution in [-0.4, -0.2) is 29.8 Å². The van der Waals surface area contributed by atoms with E-state index in [0.717, 1.165) is 4.47 Å². The van der Waals surface area contributed by atoms with Crippen molar-refractivity contribution in [3.05, 3.63) is 34.3 Å². The standard InChI is InChI=1S/C11H13BrClNO/c1-8(13)7-14(2)11(15)9-4-3-5-10(12)6-9/h3-6,8H,7H2,1-2H3. The third-order valence-corrected chi connectivity index (χ3v) is 2.57. The minimum Gasteiger partial charge on any atom is -0.340 e. The first-order valence-corrected chi connectivity index (χ1v) is 5.88. The van der Waals surface area contributed by atoms with Gasteiger partial charge in [0.2, 0.25) is 0 Å². The first-order valence-electron chi connectivity index (χ1n) is 4.66. The van der Waals surface area contributed by atoms with Crippen molar-refractivity contribution >= 4 is 33.4 Å². The molecule has 0 aliphatic rings. The SMILES string of the molecule is CC(Cl)CN(C)C(=O)c1cccc(Br)c1. The third-order valence-electron chi connectivity index (χ3n) is 1.94. The zero-order valence-electron chi connectivity index (χ0n) is 8.71.